The number of nitrogens with one attached hydrogen (secondary N) is 1. The summed E-state index contributed by atoms with van der Waals surface area (Å²) >= 11 is 1.29. The lowest BCUT2D eigenvalue weighted by Gasteiger charge is -2.18. The predicted octanol–water partition coefficient (Wildman–Crippen LogP) is 3.80. The fraction of sp³-hybridized carbons (Fsp3) is 0.227. The molecule has 5 nitrogen and oxygen atoms in total. The Morgan fingerprint density at radius 1 is 1.04 bits per heavy atom. The van der Waals surface area contributed by atoms with Gasteiger partial charge in [0.1, 0.15) is 5.82 Å². The van der Waals surface area contributed by atoms with Crippen molar-refractivity contribution in [2.24, 2.45) is 0 Å². The van der Waals surface area contributed by atoms with Gasteiger partial charge in [0, 0.05) is 24.2 Å². The van der Waals surface area contributed by atoms with Crippen LogP contribution in [0.25, 0.3) is 0 Å². The number of amides is 1. The second-order valence-corrected chi connectivity index (χ2v) is 7.46. The number of nitrogen functional groups attached to an aromatic ring is 1. The van der Waals surface area contributed by atoms with E-state index >= 15 is 0 Å². The lowest BCUT2D eigenvalue weighted by Crippen LogP contribution is -2.27. The molecule has 0 aliphatic carbocycles. The van der Waals surface area contributed by atoms with E-state index in [0.717, 1.165) is 12.1 Å². The number of aryl methyl sites for hydroxylation is 1. The molecule has 2 aromatic carbocycles. The molecule has 1 amide bonds. The molecule has 0 atom stereocenters. The molecule has 1 heterocycles. The van der Waals surface area contributed by atoms with Gasteiger partial charge in [-0.2, -0.15) is 0 Å². The van der Waals surface area contributed by atoms with E-state index in [2.05, 4.69) is 39.6 Å². The molecule has 144 valence electrons. The van der Waals surface area contributed by atoms with Crippen LogP contribution in [-0.2, 0) is 4.79 Å². The first-order valence-corrected chi connectivity index (χ1v) is 10.2. The predicted molar refractivity (Wildman–Crippen MR) is 114 cm³/mol. The van der Waals surface area contributed by atoms with Gasteiger partial charge in [0.25, 0.3) is 0 Å². The maximum Gasteiger partial charge on any atom is 0.230 e. The number of thioether (sulfide) groups is 1. The summed E-state index contributed by atoms with van der Waals surface area (Å²) in [4.78, 5) is 20.7. The van der Waals surface area contributed by atoms with Gasteiger partial charge in [-0.3, -0.25) is 4.79 Å². The summed E-state index contributed by atoms with van der Waals surface area (Å²) in [6.07, 6.45) is 0.832. The van der Waals surface area contributed by atoms with E-state index in [0.29, 0.717) is 17.5 Å². The first kappa shape index (κ1) is 19.9. The van der Waals surface area contributed by atoms with Gasteiger partial charge in [0.05, 0.1) is 5.75 Å². The first-order valence-electron chi connectivity index (χ1n) is 9.22. The fourth-order valence-corrected chi connectivity index (χ4v) is 3.80. The summed E-state index contributed by atoms with van der Waals surface area (Å²) in [5.74, 6) is 0.900. The number of hydrogen-bond acceptors (Lipinski definition) is 5. The Hall–Kier alpha value is -2.86. The smallest absolute Gasteiger partial charge is 0.230 e. The number of hydrogen-bond donors (Lipinski definition) is 2. The zero-order chi connectivity index (χ0) is 19.8. The molecule has 0 radical (unpaired) electrons. The Balaban J connectivity index is 1.54. The highest BCUT2D eigenvalue weighted by atomic mass is 32.2. The number of nitrogens with two attached hydrogens (primary N) is 1. The van der Waals surface area contributed by atoms with Crippen molar-refractivity contribution in [2.75, 3.05) is 18.0 Å². The monoisotopic (exact) mass is 392 g/mol. The highest BCUT2D eigenvalue weighted by Gasteiger charge is 2.14. The summed E-state index contributed by atoms with van der Waals surface area (Å²) in [6, 6.07) is 22.5. The number of carbonyl (C=O) groups excluding carboxylic acids is 1. The van der Waals surface area contributed by atoms with Crippen LogP contribution in [-0.4, -0.2) is 28.2 Å². The van der Waals surface area contributed by atoms with E-state index in [-0.39, 0.29) is 17.6 Å². The lowest BCUT2D eigenvalue weighted by molar-refractivity contribution is -0.118. The largest absolute Gasteiger partial charge is 0.384 e. The maximum absolute atomic E-state index is 12.2. The van der Waals surface area contributed by atoms with Crippen molar-refractivity contribution in [2.45, 2.75) is 24.4 Å². The molecule has 3 rings (SSSR count). The SMILES string of the molecule is Cc1cc(N)nc(SCC(=O)NCCC(c2ccccc2)c2ccccc2)n1. The van der Waals surface area contributed by atoms with Gasteiger partial charge >= 0.3 is 0 Å². The van der Waals surface area contributed by atoms with Crippen LogP contribution in [0.15, 0.2) is 71.9 Å². The normalized spacial score (nSPS) is 10.8. The van der Waals surface area contributed by atoms with Crippen LogP contribution in [0.3, 0.4) is 0 Å². The molecule has 0 bridgehead atoms. The summed E-state index contributed by atoms with van der Waals surface area (Å²) in [5, 5.41) is 3.53. The summed E-state index contributed by atoms with van der Waals surface area (Å²) in [7, 11) is 0. The van der Waals surface area contributed by atoms with Crippen molar-refractivity contribution < 1.29 is 4.79 Å². The van der Waals surface area contributed by atoms with Gasteiger partial charge in [-0.15, -0.1) is 0 Å². The third kappa shape index (κ3) is 5.82. The van der Waals surface area contributed by atoms with Crippen LogP contribution in [0.5, 0.6) is 0 Å². The Morgan fingerprint density at radius 2 is 1.64 bits per heavy atom. The Bertz CT molecular complexity index is 843. The number of rotatable bonds is 8. The number of carbonyl (C=O) groups is 1. The lowest BCUT2D eigenvalue weighted by atomic mass is 9.88. The van der Waals surface area contributed by atoms with Gasteiger partial charge in [0.15, 0.2) is 5.16 Å². The zero-order valence-electron chi connectivity index (χ0n) is 15.8. The van der Waals surface area contributed by atoms with Crippen molar-refractivity contribution in [3.8, 4) is 0 Å². The topological polar surface area (TPSA) is 80.9 Å². The van der Waals surface area contributed by atoms with Crippen molar-refractivity contribution in [3.63, 3.8) is 0 Å². The Labute approximate surface area is 169 Å². The molecule has 28 heavy (non-hydrogen) atoms. The van der Waals surface area contributed by atoms with Crippen molar-refractivity contribution in [3.05, 3.63) is 83.6 Å². The van der Waals surface area contributed by atoms with Gasteiger partial charge < -0.3 is 11.1 Å². The maximum atomic E-state index is 12.2. The summed E-state index contributed by atoms with van der Waals surface area (Å²) in [6.45, 7) is 2.46. The molecular formula is C22H24N4OS. The molecule has 0 unspecified atom stereocenters. The third-order valence-electron chi connectivity index (χ3n) is 4.34. The Morgan fingerprint density at radius 3 is 2.21 bits per heavy atom. The van der Waals surface area contributed by atoms with Crippen LogP contribution in [0.4, 0.5) is 5.82 Å². The third-order valence-corrected chi connectivity index (χ3v) is 5.19. The van der Waals surface area contributed by atoms with Crippen molar-refractivity contribution >= 4 is 23.5 Å². The highest BCUT2D eigenvalue weighted by Crippen LogP contribution is 2.27. The first-order chi connectivity index (χ1) is 13.6. The van der Waals surface area contributed by atoms with E-state index in [9.17, 15) is 4.79 Å². The van der Waals surface area contributed by atoms with Gasteiger partial charge in [-0.25, -0.2) is 9.97 Å². The van der Waals surface area contributed by atoms with Crippen LogP contribution in [0, 0.1) is 6.92 Å². The van der Waals surface area contributed by atoms with Gasteiger partial charge in [-0.1, -0.05) is 72.4 Å². The number of anilines is 1. The van der Waals surface area contributed by atoms with Crippen molar-refractivity contribution in [1.82, 2.24) is 15.3 Å². The van der Waals surface area contributed by atoms with E-state index in [1.54, 1.807) is 6.07 Å². The fourth-order valence-electron chi connectivity index (χ4n) is 3.06. The molecule has 0 saturated heterocycles. The molecule has 0 aliphatic heterocycles. The molecule has 3 aromatic rings. The molecular weight excluding hydrogens is 368 g/mol. The van der Waals surface area contributed by atoms with Crippen LogP contribution < -0.4 is 11.1 Å². The van der Waals surface area contributed by atoms with Crippen LogP contribution in [0.2, 0.25) is 0 Å². The van der Waals surface area contributed by atoms with Gasteiger partial charge in [-0.05, 0) is 24.5 Å². The molecule has 0 fully saturated rings. The minimum absolute atomic E-state index is 0.0337. The molecule has 1 aromatic heterocycles. The quantitative estimate of drug-likeness (QED) is 0.450. The Kier molecular flexibility index (Phi) is 7.03. The second kappa shape index (κ2) is 9.90. The average Bonchev–Trinajstić information content (AvgIpc) is 2.70. The summed E-state index contributed by atoms with van der Waals surface area (Å²) < 4.78 is 0. The van der Waals surface area contributed by atoms with E-state index < -0.39 is 0 Å². The molecule has 3 N–H and O–H groups in total. The molecule has 0 aliphatic rings. The highest BCUT2D eigenvalue weighted by molar-refractivity contribution is 7.99. The molecule has 0 saturated carbocycles. The molecule has 0 spiro atoms. The molecule has 6 heteroatoms. The van der Waals surface area contributed by atoms with E-state index in [1.807, 2.05) is 43.3 Å². The second-order valence-electron chi connectivity index (χ2n) is 6.52. The van der Waals surface area contributed by atoms with Crippen LogP contribution >= 0.6 is 11.8 Å². The van der Waals surface area contributed by atoms with Crippen molar-refractivity contribution in [1.29, 1.82) is 0 Å². The minimum atomic E-state index is -0.0337. The number of nitrogens with zero attached hydrogens (tertiary/aromatic N) is 2. The van der Waals surface area contributed by atoms with Gasteiger partial charge in [0.2, 0.25) is 5.91 Å². The zero-order valence-corrected chi connectivity index (χ0v) is 16.7. The summed E-state index contributed by atoms with van der Waals surface area (Å²) in [5.41, 5.74) is 9.02. The van der Waals surface area contributed by atoms with E-state index in [4.69, 9.17) is 5.73 Å². The minimum Gasteiger partial charge on any atom is -0.384 e. The van der Waals surface area contributed by atoms with Crippen LogP contribution in [0.1, 0.15) is 29.2 Å². The number of aromatic nitrogens is 2. The average molecular weight is 393 g/mol. The standard InChI is InChI=1S/C22H24N4OS/c1-16-14-20(23)26-22(25-16)28-15-21(27)24-13-12-19(17-8-4-2-5-9-17)18-10-6-3-7-11-18/h2-11,14,19H,12-13,15H2,1H3,(H,24,27)(H2,23,25,26). The number of benzene rings is 2. The van der Waals surface area contributed by atoms with E-state index in [1.165, 1.54) is 22.9 Å².